The highest BCUT2D eigenvalue weighted by molar-refractivity contribution is 4.69. The molecule has 0 unspecified atom stereocenters. The van der Waals surface area contributed by atoms with E-state index >= 15 is 0 Å². The van der Waals surface area contributed by atoms with E-state index in [1.165, 1.54) is 12.8 Å². The van der Waals surface area contributed by atoms with E-state index in [1.54, 1.807) is 0 Å². The van der Waals surface area contributed by atoms with Gasteiger partial charge in [-0.15, -0.1) is 0 Å². The van der Waals surface area contributed by atoms with Gasteiger partial charge in [-0.05, 0) is 46.2 Å². The lowest BCUT2D eigenvalue weighted by atomic mass is 10.1. The topological polar surface area (TPSA) is 23.5 Å². The van der Waals surface area contributed by atoms with Crippen molar-refractivity contribution < 1.29 is 5.11 Å². The number of rotatable bonds is 6. The van der Waals surface area contributed by atoms with E-state index in [9.17, 15) is 5.11 Å². The molecule has 0 radical (unpaired) electrons. The molecule has 2 nitrogen and oxygen atoms in total. The average Bonchev–Trinajstić information content (AvgIpc) is 1.81. The third-order valence-corrected chi connectivity index (χ3v) is 1.98. The van der Waals surface area contributed by atoms with Crippen LogP contribution in [0.5, 0.6) is 0 Å². The molecule has 13 heavy (non-hydrogen) atoms. The molecule has 0 heterocycles. The van der Waals surface area contributed by atoms with E-state index in [-0.39, 0.29) is 0 Å². The van der Waals surface area contributed by atoms with Crippen LogP contribution in [0.4, 0.5) is 0 Å². The molecule has 0 aliphatic heterocycles. The molecule has 0 aromatic carbocycles. The first kappa shape index (κ1) is 12.9. The fourth-order valence-corrected chi connectivity index (χ4v) is 1.51. The van der Waals surface area contributed by atoms with Crippen LogP contribution in [-0.4, -0.2) is 35.7 Å². The molecule has 0 bridgehead atoms. The molecule has 0 rings (SSSR count). The summed E-state index contributed by atoms with van der Waals surface area (Å²) in [6.45, 7) is 10.0. The Bertz CT molecular complexity index is 127. The zero-order chi connectivity index (χ0) is 10.5. The molecule has 0 fully saturated rings. The van der Waals surface area contributed by atoms with E-state index in [0.717, 1.165) is 19.0 Å². The maximum atomic E-state index is 9.55. The second-order valence-electron chi connectivity index (χ2n) is 5.09. The molecule has 2 heteroatoms. The molecule has 0 saturated heterocycles. The van der Waals surface area contributed by atoms with Crippen LogP contribution in [0.2, 0.25) is 0 Å². The molecule has 0 amide bonds. The number of hydrogen-bond donors (Lipinski definition) is 1. The minimum absolute atomic E-state index is 0.563. The Hall–Kier alpha value is -0.0800. The van der Waals surface area contributed by atoms with Gasteiger partial charge in [-0.25, -0.2) is 0 Å². The lowest BCUT2D eigenvalue weighted by Gasteiger charge is -2.25. The number of likely N-dealkylation sites (N-methyl/N-ethyl adjacent to an activating group) is 1. The van der Waals surface area contributed by atoms with Gasteiger partial charge in [0.05, 0.1) is 5.60 Å². The summed E-state index contributed by atoms with van der Waals surface area (Å²) in [5, 5.41) is 9.55. The molecule has 0 aliphatic carbocycles. The van der Waals surface area contributed by atoms with Gasteiger partial charge in [0.1, 0.15) is 0 Å². The number of nitrogens with zero attached hydrogens (tertiary/aromatic N) is 1. The van der Waals surface area contributed by atoms with Crippen LogP contribution in [0.15, 0.2) is 0 Å². The Kier molecular flexibility index (Phi) is 5.57. The van der Waals surface area contributed by atoms with Crippen LogP contribution in [0.3, 0.4) is 0 Å². The highest BCUT2D eigenvalue weighted by Crippen LogP contribution is 2.07. The second-order valence-corrected chi connectivity index (χ2v) is 5.09. The minimum atomic E-state index is -0.563. The Balaban J connectivity index is 3.46. The fraction of sp³-hybridized carbons (Fsp3) is 1.00. The third kappa shape index (κ3) is 9.84. The van der Waals surface area contributed by atoms with Crippen LogP contribution in [0, 0.1) is 5.92 Å². The van der Waals surface area contributed by atoms with E-state index in [2.05, 4.69) is 25.8 Å². The van der Waals surface area contributed by atoms with Crippen molar-refractivity contribution in [3.05, 3.63) is 0 Å². The van der Waals surface area contributed by atoms with Crippen molar-refractivity contribution in [2.24, 2.45) is 5.92 Å². The largest absolute Gasteiger partial charge is 0.389 e. The van der Waals surface area contributed by atoms with E-state index in [4.69, 9.17) is 0 Å². The average molecular weight is 187 g/mol. The number of aliphatic hydroxyl groups is 1. The van der Waals surface area contributed by atoms with E-state index in [1.807, 2.05) is 13.8 Å². The van der Waals surface area contributed by atoms with Gasteiger partial charge < -0.3 is 10.0 Å². The zero-order valence-corrected chi connectivity index (χ0v) is 9.80. The van der Waals surface area contributed by atoms with Gasteiger partial charge in [0, 0.05) is 6.54 Å². The first-order valence-corrected chi connectivity index (χ1v) is 5.22. The fourth-order valence-electron chi connectivity index (χ4n) is 1.51. The molecule has 80 valence electrons. The Morgan fingerprint density at radius 2 is 1.85 bits per heavy atom. The van der Waals surface area contributed by atoms with Crippen LogP contribution >= 0.6 is 0 Å². The van der Waals surface area contributed by atoms with Gasteiger partial charge in [-0.3, -0.25) is 0 Å². The maximum Gasteiger partial charge on any atom is 0.0718 e. The Labute approximate surface area is 82.9 Å². The molecular formula is C11H25NO. The summed E-state index contributed by atoms with van der Waals surface area (Å²) in [5.41, 5.74) is -0.563. The highest BCUT2D eigenvalue weighted by Gasteiger charge is 2.14. The lowest BCUT2D eigenvalue weighted by molar-refractivity contribution is 0.0440. The second kappa shape index (κ2) is 5.61. The highest BCUT2D eigenvalue weighted by atomic mass is 16.3. The maximum absolute atomic E-state index is 9.55. The molecule has 0 atom stereocenters. The zero-order valence-electron chi connectivity index (χ0n) is 9.80. The van der Waals surface area contributed by atoms with E-state index in [0.29, 0.717) is 0 Å². The molecule has 0 aromatic rings. The summed E-state index contributed by atoms with van der Waals surface area (Å²) in [7, 11) is 2.07. The van der Waals surface area contributed by atoms with Crippen molar-refractivity contribution in [1.82, 2.24) is 4.90 Å². The van der Waals surface area contributed by atoms with Crippen molar-refractivity contribution in [2.45, 2.75) is 46.1 Å². The van der Waals surface area contributed by atoms with Crippen LogP contribution in [0.1, 0.15) is 40.5 Å². The van der Waals surface area contributed by atoms with Crippen LogP contribution in [0.25, 0.3) is 0 Å². The van der Waals surface area contributed by atoms with Crippen molar-refractivity contribution in [1.29, 1.82) is 0 Å². The number of hydrogen-bond acceptors (Lipinski definition) is 2. The SMILES string of the molecule is CC(C)CCCN(C)CC(C)(C)O. The molecule has 0 aliphatic rings. The summed E-state index contributed by atoms with van der Waals surface area (Å²) < 4.78 is 0. The monoisotopic (exact) mass is 187 g/mol. The normalized spacial score (nSPS) is 12.9. The van der Waals surface area contributed by atoms with Crippen molar-refractivity contribution >= 4 is 0 Å². The van der Waals surface area contributed by atoms with Gasteiger partial charge in [-0.2, -0.15) is 0 Å². The Morgan fingerprint density at radius 1 is 1.31 bits per heavy atom. The first-order valence-electron chi connectivity index (χ1n) is 5.22. The summed E-state index contributed by atoms with van der Waals surface area (Å²) >= 11 is 0. The molecule has 0 aromatic heterocycles. The van der Waals surface area contributed by atoms with Gasteiger partial charge in [0.15, 0.2) is 0 Å². The van der Waals surface area contributed by atoms with Gasteiger partial charge in [0.25, 0.3) is 0 Å². The molecule has 0 saturated carbocycles. The summed E-state index contributed by atoms with van der Waals surface area (Å²) in [4.78, 5) is 2.20. The Morgan fingerprint density at radius 3 is 2.23 bits per heavy atom. The lowest BCUT2D eigenvalue weighted by Crippen LogP contribution is -2.36. The summed E-state index contributed by atoms with van der Waals surface area (Å²) in [6, 6.07) is 0. The van der Waals surface area contributed by atoms with Crippen molar-refractivity contribution in [3.63, 3.8) is 0 Å². The quantitative estimate of drug-likeness (QED) is 0.688. The first-order chi connectivity index (χ1) is 5.81. The predicted octanol–water partition coefficient (Wildman–Crippen LogP) is 2.13. The summed E-state index contributed by atoms with van der Waals surface area (Å²) in [5.74, 6) is 0.788. The predicted molar refractivity (Wildman–Crippen MR) is 57.9 cm³/mol. The van der Waals surface area contributed by atoms with Crippen molar-refractivity contribution in [3.8, 4) is 0 Å². The van der Waals surface area contributed by atoms with Gasteiger partial charge in [-0.1, -0.05) is 13.8 Å². The van der Waals surface area contributed by atoms with Crippen molar-refractivity contribution in [2.75, 3.05) is 20.1 Å². The van der Waals surface area contributed by atoms with Crippen LogP contribution < -0.4 is 0 Å². The summed E-state index contributed by atoms with van der Waals surface area (Å²) in [6.07, 6.45) is 2.50. The molecule has 0 spiro atoms. The van der Waals surface area contributed by atoms with E-state index < -0.39 is 5.60 Å². The minimum Gasteiger partial charge on any atom is -0.389 e. The smallest absolute Gasteiger partial charge is 0.0718 e. The standard InChI is InChI=1S/C11H25NO/c1-10(2)7-6-8-12(5)9-11(3,4)13/h10,13H,6-9H2,1-5H3. The van der Waals surface area contributed by atoms with Gasteiger partial charge in [0.2, 0.25) is 0 Å². The molecule has 1 N–H and O–H groups in total. The molecular weight excluding hydrogens is 162 g/mol. The third-order valence-electron chi connectivity index (χ3n) is 1.98. The van der Waals surface area contributed by atoms with Crippen LogP contribution in [-0.2, 0) is 0 Å². The van der Waals surface area contributed by atoms with Gasteiger partial charge >= 0.3 is 0 Å².